The van der Waals surface area contributed by atoms with Crippen LogP contribution in [0.4, 0.5) is 11.6 Å². The van der Waals surface area contributed by atoms with Crippen LogP contribution in [0.2, 0.25) is 0 Å². The summed E-state index contributed by atoms with van der Waals surface area (Å²) in [4.78, 5) is 17.0. The molecule has 0 saturated carbocycles. The summed E-state index contributed by atoms with van der Waals surface area (Å²) < 4.78 is 0. The standard InChI is InChI=1S/C10H10N4O2/c15-14(16)9-3-1-2-8(6-9)7-13-10-11-4-5-12-10/h1-6H,7H2,(H2,11,12,13). The van der Waals surface area contributed by atoms with Crippen LogP contribution < -0.4 is 5.32 Å². The van der Waals surface area contributed by atoms with E-state index in [2.05, 4.69) is 15.3 Å². The third-order valence-electron chi connectivity index (χ3n) is 2.08. The van der Waals surface area contributed by atoms with E-state index in [4.69, 9.17) is 0 Å². The maximum absolute atomic E-state index is 10.6. The molecule has 2 N–H and O–H groups in total. The van der Waals surface area contributed by atoms with Crippen molar-refractivity contribution in [2.75, 3.05) is 5.32 Å². The Balaban J connectivity index is 2.04. The van der Waals surface area contributed by atoms with Gasteiger partial charge < -0.3 is 10.3 Å². The van der Waals surface area contributed by atoms with Gasteiger partial charge in [0.15, 0.2) is 5.95 Å². The highest BCUT2D eigenvalue weighted by Crippen LogP contribution is 2.13. The molecule has 0 aliphatic rings. The molecule has 82 valence electrons. The van der Waals surface area contributed by atoms with Crippen molar-refractivity contribution in [3.05, 3.63) is 52.3 Å². The Labute approximate surface area is 91.5 Å². The lowest BCUT2D eigenvalue weighted by Gasteiger charge is -2.02. The number of anilines is 1. The number of nitrogens with one attached hydrogen (secondary N) is 2. The number of imidazole rings is 1. The highest BCUT2D eigenvalue weighted by molar-refractivity contribution is 5.36. The van der Waals surface area contributed by atoms with E-state index < -0.39 is 4.92 Å². The summed E-state index contributed by atoms with van der Waals surface area (Å²) in [6.07, 6.45) is 3.34. The van der Waals surface area contributed by atoms with Crippen molar-refractivity contribution in [2.24, 2.45) is 0 Å². The first-order valence-electron chi connectivity index (χ1n) is 4.72. The fraction of sp³-hybridized carbons (Fsp3) is 0.100. The maximum Gasteiger partial charge on any atom is 0.269 e. The zero-order valence-electron chi connectivity index (χ0n) is 8.38. The number of non-ortho nitro benzene ring substituents is 1. The molecule has 16 heavy (non-hydrogen) atoms. The van der Waals surface area contributed by atoms with Crippen LogP contribution in [0.1, 0.15) is 5.56 Å². The zero-order chi connectivity index (χ0) is 11.4. The molecule has 0 amide bonds. The molecule has 2 aromatic rings. The molecule has 0 saturated heterocycles. The molecule has 0 fully saturated rings. The van der Waals surface area contributed by atoms with Gasteiger partial charge in [0.05, 0.1) is 4.92 Å². The van der Waals surface area contributed by atoms with Crippen LogP contribution in [0, 0.1) is 10.1 Å². The summed E-state index contributed by atoms with van der Waals surface area (Å²) in [5, 5.41) is 13.6. The lowest BCUT2D eigenvalue weighted by Crippen LogP contribution is -2.01. The molecule has 1 aromatic heterocycles. The summed E-state index contributed by atoms with van der Waals surface area (Å²) in [5.74, 6) is 0.645. The van der Waals surface area contributed by atoms with Gasteiger partial charge in [0.1, 0.15) is 0 Å². The number of nitro benzene ring substituents is 1. The Morgan fingerprint density at radius 1 is 1.50 bits per heavy atom. The number of nitrogens with zero attached hydrogens (tertiary/aromatic N) is 2. The smallest absolute Gasteiger partial charge is 0.269 e. The second-order valence-corrected chi connectivity index (χ2v) is 3.22. The predicted molar refractivity (Wildman–Crippen MR) is 59.0 cm³/mol. The van der Waals surface area contributed by atoms with Gasteiger partial charge in [-0.25, -0.2) is 4.98 Å². The quantitative estimate of drug-likeness (QED) is 0.606. The van der Waals surface area contributed by atoms with Crippen LogP contribution in [-0.4, -0.2) is 14.9 Å². The van der Waals surface area contributed by atoms with Gasteiger partial charge in [-0.2, -0.15) is 0 Å². The molecule has 0 unspecified atom stereocenters. The molecule has 0 atom stereocenters. The molecule has 6 nitrogen and oxygen atoms in total. The Bertz CT molecular complexity index is 481. The van der Waals surface area contributed by atoms with E-state index in [1.807, 2.05) is 6.07 Å². The van der Waals surface area contributed by atoms with E-state index in [0.717, 1.165) is 5.56 Å². The summed E-state index contributed by atoms with van der Waals surface area (Å²) >= 11 is 0. The van der Waals surface area contributed by atoms with Crippen molar-refractivity contribution in [2.45, 2.75) is 6.54 Å². The SMILES string of the molecule is O=[N+]([O-])c1cccc(CNc2ncc[nH]2)c1. The molecule has 2 rings (SSSR count). The fourth-order valence-corrected chi connectivity index (χ4v) is 1.33. The molecule has 6 heteroatoms. The van der Waals surface area contributed by atoms with Crippen LogP contribution in [0.15, 0.2) is 36.7 Å². The van der Waals surface area contributed by atoms with Crippen molar-refractivity contribution in [1.82, 2.24) is 9.97 Å². The first-order valence-corrected chi connectivity index (χ1v) is 4.72. The summed E-state index contributed by atoms with van der Waals surface area (Å²) in [5.41, 5.74) is 0.935. The lowest BCUT2D eigenvalue weighted by molar-refractivity contribution is -0.384. The van der Waals surface area contributed by atoms with Crippen molar-refractivity contribution in [1.29, 1.82) is 0 Å². The minimum Gasteiger partial charge on any atom is -0.352 e. The highest BCUT2D eigenvalue weighted by atomic mass is 16.6. The maximum atomic E-state index is 10.6. The third-order valence-corrected chi connectivity index (χ3v) is 2.08. The Hall–Kier alpha value is -2.37. The number of H-pyrrole nitrogens is 1. The molecule has 1 aromatic carbocycles. The molecular formula is C10H10N4O2. The summed E-state index contributed by atoms with van der Waals surface area (Å²) in [6.45, 7) is 0.495. The van der Waals surface area contributed by atoms with Gasteiger partial charge in [-0.3, -0.25) is 10.1 Å². The van der Waals surface area contributed by atoms with E-state index in [-0.39, 0.29) is 5.69 Å². The van der Waals surface area contributed by atoms with Crippen molar-refractivity contribution in [3.63, 3.8) is 0 Å². The predicted octanol–water partition coefficient (Wildman–Crippen LogP) is 1.93. The highest BCUT2D eigenvalue weighted by Gasteiger charge is 2.05. The van der Waals surface area contributed by atoms with Gasteiger partial charge in [-0.15, -0.1) is 0 Å². The van der Waals surface area contributed by atoms with E-state index in [1.54, 1.807) is 18.5 Å². The van der Waals surface area contributed by atoms with E-state index >= 15 is 0 Å². The summed E-state index contributed by atoms with van der Waals surface area (Å²) in [7, 11) is 0. The zero-order valence-corrected chi connectivity index (χ0v) is 8.38. The number of aromatic amines is 1. The first kappa shape index (κ1) is 10.2. The Morgan fingerprint density at radius 2 is 2.38 bits per heavy atom. The second kappa shape index (κ2) is 4.43. The van der Waals surface area contributed by atoms with Crippen molar-refractivity contribution >= 4 is 11.6 Å². The second-order valence-electron chi connectivity index (χ2n) is 3.22. The number of aromatic nitrogens is 2. The average Bonchev–Trinajstić information content (AvgIpc) is 2.79. The van der Waals surface area contributed by atoms with Crippen LogP contribution >= 0.6 is 0 Å². The topological polar surface area (TPSA) is 83.8 Å². The van der Waals surface area contributed by atoms with Crippen molar-refractivity contribution in [3.8, 4) is 0 Å². The average molecular weight is 218 g/mol. The lowest BCUT2D eigenvalue weighted by atomic mass is 10.2. The van der Waals surface area contributed by atoms with Gasteiger partial charge in [0.25, 0.3) is 5.69 Å². The molecular weight excluding hydrogens is 208 g/mol. The minimum atomic E-state index is -0.406. The number of benzene rings is 1. The minimum absolute atomic E-state index is 0.0961. The van der Waals surface area contributed by atoms with Crippen LogP contribution in [0.25, 0.3) is 0 Å². The van der Waals surface area contributed by atoms with E-state index in [1.165, 1.54) is 12.1 Å². The van der Waals surface area contributed by atoms with Gasteiger partial charge in [-0.1, -0.05) is 12.1 Å². The fourth-order valence-electron chi connectivity index (χ4n) is 1.33. The van der Waals surface area contributed by atoms with E-state index in [0.29, 0.717) is 12.5 Å². The summed E-state index contributed by atoms with van der Waals surface area (Å²) in [6, 6.07) is 6.49. The Morgan fingerprint density at radius 3 is 3.06 bits per heavy atom. The largest absolute Gasteiger partial charge is 0.352 e. The van der Waals surface area contributed by atoms with Crippen LogP contribution in [0.3, 0.4) is 0 Å². The third kappa shape index (κ3) is 2.35. The molecule has 0 aliphatic carbocycles. The number of rotatable bonds is 4. The van der Waals surface area contributed by atoms with Gasteiger partial charge >= 0.3 is 0 Å². The number of hydrogen-bond acceptors (Lipinski definition) is 4. The number of hydrogen-bond donors (Lipinski definition) is 2. The van der Waals surface area contributed by atoms with Gasteiger partial charge in [0, 0.05) is 31.1 Å². The molecule has 0 bridgehead atoms. The van der Waals surface area contributed by atoms with E-state index in [9.17, 15) is 10.1 Å². The number of nitro groups is 1. The molecule has 0 spiro atoms. The van der Waals surface area contributed by atoms with Crippen LogP contribution in [-0.2, 0) is 6.54 Å². The Kier molecular flexibility index (Phi) is 2.81. The molecule has 0 aliphatic heterocycles. The van der Waals surface area contributed by atoms with Gasteiger partial charge in [0.2, 0.25) is 0 Å². The normalized spacial score (nSPS) is 10.0. The van der Waals surface area contributed by atoms with Crippen LogP contribution in [0.5, 0.6) is 0 Å². The molecule has 1 heterocycles. The van der Waals surface area contributed by atoms with Gasteiger partial charge in [-0.05, 0) is 5.56 Å². The first-order chi connectivity index (χ1) is 7.75. The molecule has 0 radical (unpaired) electrons. The van der Waals surface area contributed by atoms with Crippen molar-refractivity contribution < 1.29 is 4.92 Å². The monoisotopic (exact) mass is 218 g/mol.